The van der Waals surface area contributed by atoms with Crippen molar-refractivity contribution in [3.05, 3.63) is 45.6 Å². The largest absolute Gasteiger partial charge is 0.502 e. The summed E-state index contributed by atoms with van der Waals surface area (Å²) in [5.41, 5.74) is 0.0491. The summed E-state index contributed by atoms with van der Waals surface area (Å²) in [7, 11) is 4.39. The molecule has 6 nitrogen and oxygen atoms in total. The second kappa shape index (κ2) is 6.57. The van der Waals surface area contributed by atoms with Gasteiger partial charge in [0.2, 0.25) is 11.2 Å². The maximum Gasteiger partial charge on any atom is 0.235 e. The molecule has 0 aliphatic heterocycles. The zero-order chi connectivity index (χ0) is 18.1. The van der Waals surface area contributed by atoms with Crippen LogP contribution < -0.4 is 19.6 Å². The summed E-state index contributed by atoms with van der Waals surface area (Å²) >= 11 is 6.02. The standard InChI is InChI=1S/C18H15ClO6/c1-22-10-7-11-15(20)16(21)17(25-18(11)14(8-10)24-3)9-4-5-12(19)13(6-9)23-2/h4-8,21H,1-3H3. The van der Waals surface area contributed by atoms with E-state index in [1.54, 1.807) is 24.3 Å². The monoisotopic (exact) mass is 362 g/mol. The first-order chi connectivity index (χ1) is 12.0. The first-order valence-electron chi connectivity index (χ1n) is 7.25. The van der Waals surface area contributed by atoms with Crippen LogP contribution in [0, 0.1) is 0 Å². The molecule has 0 saturated carbocycles. The maximum atomic E-state index is 12.6. The van der Waals surface area contributed by atoms with E-state index in [0.717, 1.165) is 0 Å². The molecule has 0 unspecified atom stereocenters. The van der Waals surface area contributed by atoms with Crippen LogP contribution in [0.15, 0.2) is 39.5 Å². The van der Waals surface area contributed by atoms with Crippen molar-refractivity contribution < 1.29 is 23.7 Å². The van der Waals surface area contributed by atoms with Gasteiger partial charge in [0.1, 0.15) is 11.5 Å². The van der Waals surface area contributed by atoms with Crippen molar-refractivity contribution in [3.63, 3.8) is 0 Å². The van der Waals surface area contributed by atoms with Crippen LogP contribution in [-0.2, 0) is 0 Å². The average Bonchev–Trinajstić information content (AvgIpc) is 2.64. The van der Waals surface area contributed by atoms with E-state index < -0.39 is 11.2 Å². The van der Waals surface area contributed by atoms with Gasteiger partial charge < -0.3 is 23.7 Å². The third kappa shape index (κ3) is 2.85. The molecule has 0 amide bonds. The maximum absolute atomic E-state index is 12.6. The SMILES string of the molecule is COc1cc(OC)c2oc(-c3ccc(Cl)c(OC)c3)c(O)c(=O)c2c1. The molecule has 2 aromatic carbocycles. The van der Waals surface area contributed by atoms with Crippen molar-refractivity contribution in [2.75, 3.05) is 21.3 Å². The third-order valence-electron chi connectivity index (χ3n) is 3.78. The smallest absolute Gasteiger partial charge is 0.235 e. The number of rotatable bonds is 4. The first-order valence-corrected chi connectivity index (χ1v) is 7.63. The molecule has 0 saturated heterocycles. The Morgan fingerprint density at radius 1 is 1.00 bits per heavy atom. The number of ether oxygens (including phenoxy) is 3. The quantitative estimate of drug-likeness (QED) is 0.759. The molecule has 0 atom stereocenters. The van der Waals surface area contributed by atoms with Crippen LogP contribution >= 0.6 is 11.6 Å². The van der Waals surface area contributed by atoms with E-state index in [-0.39, 0.29) is 16.7 Å². The first kappa shape index (κ1) is 17.0. The lowest BCUT2D eigenvalue weighted by Crippen LogP contribution is -2.04. The second-order valence-corrected chi connectivity index (χ2v) is 5.57. The summed E-state index contributed by atoms with van der Waals surface area (Å²) in [6.07, 6.45) is 0. The molecule has 25 heavy (non-hydrogen) atoms. The van der Waals surface area contributed by atoms with Crippen LogP contribution in [0.5, 0.6) is 23.0 Å². The van der Waals surface area contributed by atoms with Gasteiger partial charge in [-0.1, -0.05) is 11.6 Å². The van der Waals surface area contributed by atoms with Gasteiger partial charge in [-0.3, -0.25) is 4.79 Å². The Morgan fingerprint density at radius 3 is 2.36 bits per heavy atom. The van der Waals surface area contributed by atoms with Crippen LogP contribution in [0.3, 0.4) is 0 Å². The third-order valence-corrected chi connectivity index (χ3v) is 4.09. The highest BCUT2D eigenvalue weighted by Gasteiger charge is 2.20. The Morgan fingerprint density at radius 2 is 1.72 bits per heavy atom. The van der Waals surface area contributed by atoms with Gasteiger partial charge in [-0.2, -0.15) is 0 Å². The van der Waals surface area contributed by atoms with Crippen LogP contribution in [0.4, 0.5) is 0 Å². The van der Waals surface area contributed by atoms with Crippen LogP contribution in [0.2, 0.25) is 5.02 Å². The molecule has 3 aromatic rings. The fourth-order valence-corrected chi connectivity index (χ4v) is 2.69. The summed E-state index contributed by atoms with van der Waals surface area (Å²) in [4.78, 5) is 12.6. The van der Waals surface area contributed by atoms with Gasteiger partial charge >= 0.3 is 0 Å². The summed E-state index contributed by atoms with van der Waals surface area (Å²) in [5.74, 6) is 0.594. The predicted molar refractivity (Wildman–Crippen MR) is 94.3 cm³/mol. The van der Waals surface area contributed by atoms with E-state index in [9.17, 15) is 9.90 Å². The minimum Gasteiger partial charge on any atom is -0.502 e. The molecule has 0 aliphatic rings. The highest BCUT2D eigenvalue weighted by molar-refractivity contribution is 6.32. The van der Waals surface area contributed by atoms with Crippen molar-refractivity contribution in [2.24, 2.45) is 0 Å². The predicted octanol–water partition coefficient (Wildman–Crippen LogP) is 3.84. The Kier molecular flexibility index (Phi) is 4.46. The van der Waals surface area contributed by atoms with Crippen LogP contribution in [0.1, 0.15) is 0 Å². The molecule has 0 bridgehead atoms. The van der Waals surface area contributed by atoms with Gasteiger partial charge in [0.15, 0.2) is 17.1 Å². The van der Waals surface area contributed by atoms with Crippen molar-refractivity contribution in [2.45, 2.75) is 0 Å². The molecule has 130 valence electrons. The van der Waals surface area contributed by atoms with Gasteiger partial charge in [0.25, 0.3) is 0 Å². The Hall–Kier alpha value is -2.86. The van der Waals surface area contributed by atoms with Crippen molar-refractivity contribution in [1.29, 1.82) is 0 Å². The number of aromatic hydroxyl groups is 1. The van der Waals surface area contributed by atoms with Crippen molar-refractivity contribution in [3.8, 4) is 34.3 Å². The lowest BCUT2D eigenvalue weighted by atomic mass is 10.1. The highest BCUT2D eigenvalue weighted by atomic mass is 35.5. The van der Waals surface area contributed by atoms with Gasteiger partial charge in [-0.15, -0.1) is 0 Å². The van der Waals surface area contributed by atoms with E-state index in [1.165, 1.54) is 27.4 Å². The molecule has 1 heterocycles. The molecule has 1 aromatic heterocycles. The van der Waals surface area contributed by atoms with Gasteiger partial charge in [-0.25, -0.2) is 0 Å². The van der Waals surface area contributed by atoms with E-state index in [2.05, 4.69) is 0 Å². The lowest BCUT2D eigenvalue weighted by Gasteiger charge is -2.11. The molecule has 0 aliphatic carbocycles. The molecule has 1 N–H and O–H groups in total. The molecular weight excluding hydrogens is 348 g/mol. The highest BCUT2D eigenvalue weighted by Crippen LogP contribution is 2.38. The summed E-state index contributed by atoms with van der Waals surface area (Å²) in [6.45, 7) is 0. The van der Waals surface area contributed by atoms with E-state index in [4.69, 9.17) is 30.2 Å². The molecule has 0 radical (unpaired) electrons. The minimum atomic E-state index is -0.595. The number of fused-ring (bicyclic) bond motifs is 1. The van der Waals surface area contributed by atoms with Gasteiger partial charge in [0, 0.05) is 11.6 Å². The summed E-state index contributed by atoms with van der Waals surface area (Å²) in [6, 6.07) is 7.85. The molecular formula is C18H15ClO6. The number of methoxy groups -OCH3 is 3. The Balaban J connectivity index is 2.34. The van der Waals surface area contributed by atoms with Crippen molar-refractivity contribution in [1.82, 2.24) is 0 Å². The minimum absolute atomic E-state index is 0.00377. The van der Waals surface area contributed by atoms with Crippen LogP contribution in [0.25, 0.3) is 22.3 Å². The van der Waals surface area contributed by atoms with Crippen LogP contribution in [-0.4, -0.2) is 26.4 Å². The van der Waals surface area contributed by atoms with Gasteiger partial charge in [-0.05, 0) is 24.3 Å². The fraction of sp³-hybridized carbons (Fsp3) is 0.167. The molecule has 0 fully saturated rings. The van der Waals surface area contributed by atoms with E-state index in [0.29, 0.717) is 27.8 Å². The Labute approximate surface area is 148 Å². The average molecular weight is 363 g/mol. The topological polar surface area (TPSA) is 78.1 Å². The number of hydrogen-bond acceptors (Lipinski definition) is 6. The van der Waals surface area contributed by atoms with Crippen molar-refractivity contribution >= 4 is 22.6 Å². The summed E-state index contributed by atoms with van der Waals surface area (Å²) in [5, 5.41) is 10.9. The normalized spacial score (nSPS) is 10.7. The fourth-order valence-electron chi connectivity index (χ4n) is 2.50. The van der Waals surface area contributed by atoms with E-state index in [1.807, 2.05) is 0 Å². The molecule has 3 rings (SSSR count). The molecule has 0 spiro atoms. The number of benzene rings is 2. The lowest BCUT2D eigenvalue weighted by molar-refractivity contribution is 0.390. The number of halogens is 1. The van der Waals surface area contributed by atoms with Gasteiger partial charge in [0.05, 0.1) is 31.7 Å². The Bertz CT molecular complexity index is 1010. The zero-order valence-corrected chi connectivity index (χ0v) is 14.5. The number of hydrogen-bond donors (Lipinski definition) is 1. The van der Waals surface area contributed by atoms with E-state index >= 15 is 0 Å². The zero-order valence-electron chi connectivity index (χ0n) is 13.8. The summed E-state index contributed by atoms with van der Waals surface area (Å²) < 4.78 is 21.4. The molecule has 7 heteroatoms. The second-order valence-electron chi connectivity index (χ2n) is 5.16.